The van der Waals surface area contributed by atoms with Gasteiger partial charge in [0.05, 0.1) is 13.2 Å². The lowest BCUT2D eigenvalue weighted by Gasteiger charge is -2.23. The lowest BCUT2D eigenvalue weighted by molar-refractivity contribution is -0.143. The Morgan fingerprint density at radius 3 is 2.50 bits per heavy atom. The summed E-state index contributed by atoms with van der Waals surface area (Å²) in [6.45, 7) is 5.36. The van der Waals surface area contributed by atoms with Crippen molar-refractivity contribution in [3.8, 4) is 0 Å². The van der Waals surface area contributed by atoms with Crippen molar-refractivity contribution in [2.75, 3.05) is 26.3 Å². The third-order valence-electron chi connectivity index (χ3n) is 3.38. The highest BCUT2D eigenvalue weighted by Crippen LogP contribution is 2.30. The number of carbonyl (C=O) groups is 1. The molecule has 14 heavy (non-hydrogen) atoms. The normalized spacial score (nSPS) is 34.4. The Morgan fingerprint density at radius 2 is 2.07 bits per heavy atom. The molecule has 2 rings (SSSR count). The number of carboxylic acid groups (broad SMARTS) is 1. The molecule has 2 fully saturated rings. The molecule has 2 heterocycles. The first-order valence-electron chi connectivity index (χ1n) is 5.27. The van der Waals surface area contributed by atoms with Crippen LogP contribution in [-0.2, 0) is 9.53 Å². The van der Waals surface area contributed by atoms with Gasteiger partial charge in [-0.15, -0.1) is 0 Å². The first-order valence-corrected chi connectivity index (χ1v) is 5.27. The molecule has 0 aromatic carbocycles. The first-order chi connectivity index (χ1) is 6.72. The minimum atomic E-state index is -0.687. The van der Waals surface area contributed by atoms with Crippen LogP contribution in [0.4, 0.5) is 0 Å². The molecule has 3 atom stereocenters. The van der Waals surface area contributed by atoms with Crippen LogP contribution < -0.4 is 0 Å². The predicted molar refractivity (Wildman–Crippen MR) is 51.1 cm³/mol. The van der Waals surface area contributed by atoms with E-state index in [0.717, 1.165) is 26.3 Å². The van der Waals surface area contributed by atoms with Crippen molar-refractivity contribution in [2.45, 2.75) is 19.4 Å². The maximum absolute atomic E-state index is 11.0. The summed E-state index contributed by atoms with van der Waals surface area (Å²) in [5.41, 5.74) is 0. The third-order valence-corrected chi connectivity index (χ3v) is 3.38. The number of carboxylic acids is 1. The van der Waals surface area contributed by atoms with E-state index < -0.39 is 5.97 Å². The molecular weight excluding hydrogens is 182 g/mol. The number of likely N-dealkylation sites (tertiary alicyclic amines) is 1. The molecule has 0 amide bonds. The van der Waals surface area contributed by atoms with Crippen LogP contribution in [0.1, 0.15) is 13.3 Å². The Kier molecular flexibility index (Phi) is 2.74. The Bertz CT molecular complexity index is 219. The predicted octanol–water partition coefficient (Wildman–Crippen LogP) is 0.428. The summed E-state index contributed by atoms with van der Waals surface area (Å²) >= 11 is 0. The largest absolute Gasteiger partial charge is 0.480 e. The van der Waals surface area contributed by atoms with E-state index in [2.05, 4.69) is 4.90 Å². The van der Waals surface area contributed by atoms with Crippen molar-refractivity contribution in [1.29, 1.82) is 0 Å². The first kappa shape index (κ1) is 9.93. The number of hydrogen-bond donors (Lipinski definition) is 1. The molecule has 4 heteroatoms. The van der Waals surface area contributed by atoms with Crippen LogP contribution in [0.5, 0.6) is 0 Å². The van der Waals surface area contributed by atoms with E-state index in [1.54, 1.807) is 0 Å². The fraction of sp³-hybridized carbons (Fsp3) is 0.900. The van der Waals surface area contributed by atoms with E-state index in [4.69, 9.17) is 9.84 Å². The maximum Gasteiger partial charge on any atom is 0.320 e. The highest BCUT2D eigenvalue weighted by molar-refractivity contribution is 5.73. The third kappa shape index (κ3) is 1.64. The smallest absolute Gasteiger partial charge is 0.320 e. The van der Waals surface area contributed by atoms with Gasteiger partial charge in [0.15, 0.2) is 0 Å². The van der Waals surface area contributed by atoms with Gasteiger partial charge in [0.25, 0.3) is 0 Å². The molecule has 2 aliphatic heterocycles. The summed E-state index contributed by atoms with van der Waals surface area (Å²) in [4.78, 5) is 13.1. The van der Waals surface area contributed by atoms with Crippen LogP contribution in [0.2, 0.25) is 0 Å². The molecule has 2 aliphatic rings. The van der Waals surface area contributed by atoms with Crippen LogP contribution >= 0.6 is 0 Å². The van der Waals surface area contributed by atoms with Crippen LogP contribution in [0.15, 0.2) is 0 Å². The summed E-state index contributed by atoms with van der Waals surface area (Å²) in [5, 5.41) is 9.02. The molecule has 0 aromatic rings. The molecule has 80 valence electrons. The molecule has 0 bridgehead atoms. The van der Waals surface area contributed by atoms with Crippen molar-refractivity contribution in [3.05, 3.63) is 0 Å². The Labute approximate surface area is 83.8 Å². The average Bonchev–Trinajstić information content (AvgIpc) is 2.63. The summed E-state index contributed by atoms with van der Waals surface area (Å²) in [5.74, 6) is 0.459. The van der Waals surface area contributed by atoms with Crippen molar-refractivity contribution >= 4 is 5.97 Å². The van der Waals surface area contributed by atoms with E-state index in [-0.39, 0.29) is 6.04 Å². The van der Waals surface area contributed by atoms with Gasteiger partial charge in [0, 0.05) is 24.9 Å². The minimum absolute atomic E-state index is 0.291. The molecular formula is C10H17NO3. The zero-order chi connectivity index (χ0) is 10.1. The van der Waals surface area contributed by atoms with Gasteiger partial charge >= 0.3 is 5.97 Å². The number of ether oxygens (including phenoxy) is 1. The molecule has 0 radical (unpaired) electrons. The second kappa shape index (κ2) is 3.87. The molecule has 2 saturated heterocycles. The molecule has 4 nitrogen and oxygen atoms in total. The van der Waals surface area contributed by atoms with Crippen molar-refractivity contribution in [2.24, 2.45) is 11.8 Å². The quantitative estimate of drug-likeness (QED) is 0.716. The highest BCUT2D eigenvalue weighted by Gasteiger charge is 2.40. The van der Waals surface area contributed by atoms with Gasteiger partial charge in [0.2, 0.25) is 0 Å². The summed E-state index contributed by atoms with van der Waals surface area (Å²) in [6.07, 6.45) is 0.690. The second-order valence-electron chi connectivity index (χ2n) is 4.27. The topological polar surface area (TPSA) is 49.8 Å². The van der Waals surface area contributed by atoms with Gasteiger partial charge < -0.3 is 9.84 Å². The average molecular weight is 199 g/mol. The molecule has 3 unspecified atom stereocenters. The number of fused-ring (bicyclic) bond motifs is 1. The zero-order valence-electron chi connectivity index (χ0n) is 8.48. The van der Waals surface area contributed by atoms with Crippen molar-refractivity contribution in [3.63, 3.8) is 0 Å². The molecule has 0 saturated carbocycles. The van der Waals surface area contributed by atoms with Gasteiger partial charge in [-0.25, -0.2) is 0 Å². The second-order valence-corrected chi connectivity index (χ2v) is 4.27. The van der Waals surface area contributed by atoms with Gasteiger partial charge in [-0.1, -0.05) is 6.92 Å². The Hall–Kier alpha value is -0.610. The lowest BCUT2D eigenvalue weighted by Crippen LogP contribution is -2.40. The van der Waals surface area contributed by atoms with Crippen molar-refractivity contribution in [1.82, 2.24) is 4.90 Å². The summed E-state index contributed by atoms with van der Waals surface area (Å²) < 4.78 is 5.36. The van der Waals surface area contributed by atoms with Crippen LogP contribution in [0.25, 0.3) is 0 Å². The van der Waals surface area contributed by atoms with E-state index in [9.17, 15) is 4.79 Å². The Morgan fingerprint density at radius 1 is 1.50 bits per heavy atom. The highest BCUT2D eigenvalue weighted by atomic mass is 16.5. The van der Waals surface area contributed by atoms with Gasteiger partial charge in [-0.05, 0) is 6.42 Å². The molecule has 1 N–H and O–H groups in total. The van der Waals surface area contributed by atoms with E-state index in [1.807, 2.05) is 6.92 Å². The molecule has 0 aliphatic carbocycles. The van der Waals surface area contributed by atoms with Crippen molar-refractivity contribution < 1.29 is 14.6 Å². The number of aliphatic carboxylic acids is 1. The monoisotopic (exact) mass is 199 g/mol. The fourth-order valence-electron chi connectivity index (χ4n) is 2.57. The fourth-order valence-corrected chi connectivity index (χ4v) is 2.57. The molecule has 0 aromatic heterocycles. The summed E-state index contributed by atoms with van der Waals surface area (Å²) in [6, 6.07) is -0.291. The Balaban J connectivity index is 1.97. The van der Waals surface area contributed by atoms with E-state index >= 15 is 0 Å². The van der Waals surface area contributed by atoms with Gasteiger partial charge in [0.1, 0.15) is 6.04 Å². The standard InChI is InChI=1S/C10H17NO3/c1-2-9(10(12)13)11-3-7-5-14-6-8(7)4-11/h7-9H,2-6H2,1H3,(H,12,13). The minimum Gasteiger partial charge on any atom is -0.480 e. The van der Waals surface area contributed by atoms with E-state index in [0.29, 0.717) is 18.3 Å². The van der Waals surface area contributed by atoms with Crippen LogP contribution in [-0.4, -0.2) is 48.3 Å². The number of rotatable bonds is 3. The van der Waals surface area contributed by atoms with E-state index in [1.165, 1.54) is 0 Å². The molecule has 0 spiro atoms. The SMILES string of the molecule is CCC(C(=O)O)N1CC2COCC2C1. The van der Waals surface area contributed by atoms with Crippen LogP contribution in [0.3, 0.4) is 0 Å². The lowest BCUT2D eigenvalue weighted by atomic mass is 10.0. The van der Waals surface area contributed by atoms with Gasteiger partial charge in [-0.3, -0.25) is 9.69 Å². The van der Waals surface area contributed by atoms with Gasteiger partial charge in [-0.2, -0.15) is 0 Å². The number of hydrogen-bond acceptors (Lipinski definition) is 3. The zero-order valence-corrected chi connectivity index (χ0v) is 8.48. The van der Waals surface area contributed by atoms with Crippen LogP contribution in [0, 0.1) is 11.8 Å². The maximum atomic E-state index is 11.0. The number of nitrogens with zero attached hydrogens (tertiary/aromatic N) is 1. The summed E-state index contributed by atoms with van der Waals surface area (Å²) in [7, 11) is 0.